The zero-order chi connectivity index (χ0) is 19.6. The Morgan fingerprint density at radius 3 is 2.30 bits per heavy atom. The lowest BCUT2D eigenvalue weighted by atomic mass is 10.1. The maximum Gasteiger partial charge on any atom is 0.307 e. The zero-order valence-corrected chi connectivity index (χ0v) is 16.4. The molecule has 0 aromatic heterocycles. The number of likely N-dealkylation sites (N-methyl/N-ethyl adjacent to an activating group) is 1. The smallest absolute Gasteiger partial charge is 0.307 e. The Morgan fingerprint density at radius 2 is 1.67 bits per heavy atom. The van der Waals surface area contributed by atoms with E-state index in [1.807, 2.05) is 24.3 Å². The number of hydrogen-bond donors (Lipinski definition) is 0. The first-order chi connectivity index (χ1) is 13.0. The third-order valence-corrected chi connectivity index (χ3v) is 5.04. The summed E-state index contributed by atoms with van der Waals surface area (Å²) in [4.78, 5) is 26.3. The topological polar surface area (TPSA) is 46.6 Å². The number of carbonyl (C=O) groups excluding carboxylic acids is 2. The Kier molecular flexibility index (Phi) is 8.33. The first-order valence-electron chi connectivity index (χ1n) is 8.83. The van der Waals surface area contributed by atoms with Gasteiger partial charge in [0.05, 0.1) is 6.42 Å². The first kappa shape index (κ1) is 21.0. The number of benzene rings is 2. The summed E-state index contributed by atoms with van der Waals surface area (Å²) >= 11 is 1.44. The maximum absolute atomic E-state index is 12.8. The highest BCUT2D eigenvalue weighted by atomic mass is 32.2. The highest BCUT2D eigenvalue weighted by Gasteiger charge is 2.12. The van der Waals surface area contributed by atoms with Crippen molar-refractivity contribution in [2.24, 2.45) is 0 Å². The third-order valence-electron chi connectivity index (χ3n) is 4.02. The lowest BCUT2D eigenvalue weighted by molar-refractivity contribution is -0.151. The second kappa shape index (κ2) is 10.7. The van der Waals surface area contributed by atoms with Crippen LogP contribution in [0.3, 0.4) is 0 Å². The lowest BCUT2D eigenvalue weighted by Crippen LogP contribution is -2.30. The number of rotatable bonds is 9. The molecule has 0 aliphatic heterocycles. The van der Waals surface area contributed by atoms with E-state index < -0.39 is 5.97 Å². The number of aryl methyl sites for hydroxylation is 1. The highest BCUT2D eigenvalue weighted by molar-refractivity contribution is 7.99. The summed E-state index contributed by atoms with van der Waals surface area (Å²) in [6, 6.07) is 14.2. The van der Waals surface area contributed by atoms with Crippen molar-refractivity contribution in [3.63, 3.8) is 0 Å². The molecule has 0 N–H and O–H groups in total. The molecule has 4 nitrogen and oxygen atoms in total. The van der Waals surface area contributed by atoms with Gasteiger partial charge in [0.15, 0.2) is 6.61 Å². The quantitative estimate of drug-likeness (QED) is 0.479. The molecule has 0 aliphatic rings. The van der Waals surface area contributed by atoms with E-state index in [0.29, 0.717) is 12.3 Å². The number of ether oxygens (including phenoxy) is 1. The van der Waals surface area contributed by atoms with Crippen LogP contribution < -0.4 is 0 Å². The summed E-state index contributed by atoms with van der Waals surface area (Å²) in [6.45, 7) is 2.31. The van der Waals surface area contributed by atoms with Crippen molar-refractivity contribution in [3.05, 3.63) is 65.5 Å². The molecule has 0 aliphatic carbocycles. The minimum absolute atomic E-state index is 0.192. The third kappa shape index (κ3) is 7.43. The van der Waals surface area contributed by atoms with Gasteiger partial charge < -0.3 is 9.64 Å². The van der Waals surface area contributed by atoms with E-state index in [2.05, 4.69) is 6.92 Å². The largest absolute Gasteiger partial charge is 0.456 e. The van der Waals surface area contributed by atoms with Crippen LogP contribution in [-0.2, 0) is 27.3 Å². The predicted molar refractivity (Wildman–Crippen MR) is 105 cm³/mol. The van der Waals surface area contributed by atoms with E-state index in [9.17, 15) is 14.0 Å². The predicted octanol–water partition coefficient (Wildman–Crippen LogP) is 4.07. The molecule has 0 fully saturated rings. The van der Waals surface area contributed by atoms with Crippen LogP contribution in [0.1, 0.15) is 24.5 Å². The van der Waals surface area contributed by atoms with E-state index in [1.54, 1.807) is 24.1 Å². The number of amides is 1. The summed E-state index contributed by atoms with van der Waals surface area (Å²) < 4.78 is 17.9. The molecule has 1 amide bonds. The van der Waals surface area contributed by atoms with Gasteiger partial charge in [-0.2, -0.15) is 0 Å². The van der Waals surface area contributed by atoms with Gasteiger partial charge >= 0.3 is 5.97 Å². The standard InChI is InChI=1S/C21H24FNO3S/c1-3-16-4-6-17(7-5-16)14-23(2)20(24)15-26-21(25)12-13-27-19-10-8-18(22)9-11-19/h4-11H,3,12-15H2,1-2H3. The minimum Gasteiger partial charge on any atom is -0.456 e. The Morgan fingerprint density at radius 1 is 1.04 bits per heavy atom. The van der Waals surface area contributed by atoms with Crippen LogP contribution in [0.2, 0.25) is 0 Å². The van der Waals surface area contributed by atoms with Gasteiger partial charge in [0.25, 0.3) is 5.91 Å². The maximum atomic E-state index is 12.8. The first-order valence-corrected chi connectivity index (χ1v) is 9.82. The van der Waals surface area contributed by atoms with Crippen molar-refractivity contribution < 1.29 is 18.7 Å². The second-order valence-electron chi connectivity index (χ2n) is 6.13. The van der Waals surface area contributed by atoms with E-state index in [0.717, 1.165) is 16.9 Å². The fraction of sp³-hybridized carbons (Fsp3) is 0.333. The van der Waals surface area contributed by atoms with Gasteiger partial charge in [-0.15, -0.1) is 11.8 Å². The molecule has 2 aromatic carbocycles. The van der Waals surface area contributed by atoms with E-state index >= 15 is 0 Å². The van der Waals surface area contributed by atoms with Crippen LogP contribution in [0.5, 0.6) is 0 Å². The minimum atomic E-state index is -0.418. The van der Waals surface area contributed by atoms with Crippen LogP contribution in [0.15, 0.2) is 53.4 Å². The van der Waals surface area contributed by atoms with Crippen molar-refractivity contribution in [1.29, 1.82) is 0 Å². The Hall–Kier alpha value is -2.34. The number of esters is 1. The Balaban J connectivity index is 1.67. The SMILES string of the molecule is CCc1ccc(CN(C)C(=O)COC(=O)CCSc2ccc(F)cc2)cc1. The van der Waals surface area contributed by atoms with Crippen LogP contribution >= 0.6 is 11.8 Å². The molecule has 0 radical (unpaired) electrons. The lowest BCUT2D eigenvalue weighted by Gasteiger charge is -2.17. The number of thioether (sulfide) groups is 1. The molecular weight excluding hydrogens is 365 g/mol. The van der Waals surface area contributed by atoms with Crippen LogP contribution in [0, 0.1) is 5.82 Å². The Bertz CT molecular complexity index is 747. The molecule has 0 bridgehead atoms. The molecule has 27 heavy (non-hydrogen) atoms. The molecule has 0 unspecified atom stereocenters. The van der Waals surface area contributed by atoms with Gasteiger partial charge in [0.2, 0.25) is 0 Å². The van der Waals surface area contributed by atoms with Gasteiger partial charge in [-0.3, -0.25) is 9.59 Å². The van der Waals surface area contributed by atoms with Crippen molar-refractivity contribution in [2.75, 3.05) is 19.4 Å². The monoisotopic (exact) mass is 389 g/mol. The van der Waals surface area contributed by atoms with E-state index in [1.165, 1.54) is 29.5 Å². The van der Waals surface area contributed by atoms with Gasteiger partial charge in [-0.25, -0.2) is 4.39 Å². The van der Waals surface area contributed by atoms with Crippen molar-refractivity contribution in [3.8, 4) is 0 Å². The number of halogens is 1. The molecular formula is C21H24FNO3S. The molecule has 0 atom stereocenters. The second-order valence-corrected chi connectivity index (χ2v) is 7.30. The summed E-state index contributed by atoms with van der Waals surface area (Å²) in [5.41, 5.74) is 2.28. The average Bonchev–Trinajstić information content (AvgIpc) is 2.68. The summed E-state index contributed by atoms with van der Waals surface area (Å²) in [5, 5.41) is 0. The summed E-state index contributed by atoms with van der Waals surface area (Å²) in [6.07, 6.45) is 1.17. The molecule has 0 heterocycles. The van der Waals surface area contributed by atoms with Crippen LogP contribution in [0.4, 0.5) is 4.39 Å². The average molecular weight is 389 g/mol. The molecule has 0 spiro atoms. The summed E-state index contributed by atoms with van der Waals surface area (Å²) in [5.74, 6) is -0.436. The van der Waals surface area contributed by atoms with Gasteiger partial charge in [0, 0.05) is 24.2 Å². The van der Waals surface area contributed by atoms with Gasteiger partial charge in [-0.05, 0) is 41.8 Å². The summed E-state index contributed by atoms with van der Waals surface area (Å²) in [7, 11) is 1.69. The molecule has 2 rings (SSSR count). The molecule has 0 saturated heterocycles. The van der Waals surface area contributed by atoms with E-state index in [-0.39, 0.29) is 24.8 Å². The fourth-order valence-corrected chi connectivity index (χ4v) is 3.18. The Labute approximate surface area is 163 Å². The number of hydrogen-bond acceptors (Lipinski definition) is 4. The number of nitrogens with zero attached hydrogens (tertiary/aromatic N) is 1. The zero-order valence-electron chi connectivity index (χ0n) is 15.6. The van der Waals surface area contributed by atoms with Crippen molar-refractivity contribution in [2.45, 2.75) is 31.2 Å². The molecule has 0 saturated carbocycles. The highest BCUT2D eigenvalue weighted by Crippen LogP contribution is 2.19. The van der Waals surface area contributed by atoms with Crippen molar-refractivity contribution in [1.82, 2.24) is 4.90 Å². The van der Waals surface area contributed by atoms with Gasteiger partial charge in [0.1, 0.15) is 5.82 Å². The molecule has 144 valence electrons. The van der Waals surface area contributed by atoms with Crippen molar-refractivity contribution >= 4 is 23.6 Å². The van der Waals surface area contributed by atoms with Crippen LogP contribution in [-0.4, -0.2) is 36.2 Å². The van der Waals surface area contributed by atoms with Gasteiger partial charge in [-0.1, -0.05) is 31.2 Å². The number of carbonyl (C=O) groups is 2. The van der Waals surface area contributed by atoms with E-state index in [4.69, 9.17) is 4.74 Å². The molecule has 2 aromatic rings. The molecule has 6 heteroatoms. The normalized spacial score (nSPS) is 10.5. The van der Waals surface area contributed by atoms with Crippen LogP contribution in [0.25, 0.3) is 0 Å². The fourth-order valence-electron chi connectivity index (χ4n) is 2.35.